The largest absolute Gasteiger partial charge is 0.362 e. The van der Waals surface area contributed by atoms with Crippen LogP contribution >= 0.6 is 0 Å². The summed E-state index contributed by atoms with van der Waals surface area (Å²) in [6, 6.07) is 28.1. The summed E-state index contributed by atoms with van der Waals surface area (Å²) in [5.74, 6) is 6.14. The smallest absolute Gasteiger partial charge is 0.266 e. The molecule has 0 unspecified atom stereocenters. The van der Waals surface area contributed by atoms with E-state index < -0.39 is 12.5 Å². The summed E-state index contributed by atoms with van der Waals surface area (Å²) < 4.78 is 29.1. The van der Waals surface area contributed by atoms with Crippen LogP contribution in [0.3, 0.4) is 0 Å². The fourth-order valence-corrected chi connectivity index (χ4v) is 11.2. The maximum absolute atomic E-state index is 11.3. The molecule has 0 spiro atoms. The quantitative estimate of drug-likeness (QED) is 0.0911. The SMILES string of the molecule is C=C1C=C(C(C)C)C=CN1.C=C1C=C(C(C)C)C=NN1.C=C1C=C(C(C)C)N=CN1.CC(C)c1ccn(C)c(=O)c1.CC(C)c1ccn(C)c(=O)c1.CC(C)c1cnn(C)c(=O)c1.CC(C)c1cnn(C)c(=O)c1.CCn1ccc(C(C)C)cc1=O.Cc1cc(C(C)C)ccn1.Cc1cc(C(C)C)ccn1.Cc1cc(C(C)C)cnn1.Cc1cc(C(C)C)cnn1.[2H]C([2H])([2H])n1ncc(C(C)C)cc1=O. The molecule has 26 heteroatoms. The molecule has 10 aromatic rings. The van der Waals surface area contributed by atoms with Crippen LogP contribution in [0.15, 0.2) is 276 Å². The molecule has 0 aromatic carbocycles. The first-order chi connectivity index (χ1) is 65.3. The first-order valence-corrected chi connectivity index (χ1v) is 47.2. The Morgan fingerprint density at radius 3 is 0.942 bits per heavy atom. The van der Waals surface area contributed by atoms with Gasteiger partial charge in [0.1, 0.15) is 0 Å². The average Bonchev–Trinajstić information content (AvgIpc) is 0.822. The molecule has 0 bridgehead atoms. The van der Waals surface area contributed by atoms with Gasteiger partial charge in [-0.25, -0.2) is 19.0 Å². The molecule has 3 aliphatic rings. The van der Waals surface area contributed by atoms with Crippen molar-refractivity contribution in [1.29, 1.82) is 0 Å². The Kier molecular flexibility index (Phi) is 54.3. The summed E-state index contributed by atoms with van der Waals surface area (Å²) in [4.78, 5) is 79.4. The van der Waals surface area contributed by atoms with Crippen molar-refractivity contribution in [3.63, 3.8) is 0 Å². The molecule has 3 aliphatic heterocycles. The van der Waals surface area contributed by atoms with Gasteiger partial charge in [-0.2, -0.15) is 40.8 Å². The van der Waals surface area contributed by atoms with Crippen LogP contribution in [0.4, 0.5) is 0 Å². The molecule has 0 saturated carbocycles. The Morgan fingerprint density at radius 1 is 0.350 bits per heavy atom. The van der Waals surface area contributed by atoms with E-state index in [0.29, 0.717) is 75.7 Å². The van der Waals surface area contributed by atoms with Gasteiger partial charge in [-0.3, -0.25) is 44.2 Å². The fourth-order valence-electron chi connectivity index (χ4n) is 11.2. The highest BCUT2D eigenvalue weighted by Gasteiger charge is 2.11. The van der Waals surface area contributed by atoms with Gasteiger partial charge in [-0.05, 0) is 257 Å². The number of aromatic nitrogens is 15. The molecule has 26 nitrogen and oxygen atoms in total. The number of hydrazone groups is 1. The van der Waals surface area contributed by atoms with E-state index in [0.717, 1.165) is 85.5 Å². The lowest BCUT2D eigenvalue weighted by Crippen LogP contribution is -2.19. The summed E-state index contributed by atoms with van der Waals surface area (Å²) in [7, 11) is 6.80. The molecule has 13 rings (SSSR count). The zero-order chi connectivity index (χ0) is 107. The second kappa shape index (κ2) is 64.0. The van der Waals surface area contributed by atoms with E-state index in [4.69, 9.17) is 4.11 Å². The minimum atomic E-state index is -2.49. The van der Waals surface area contributed by atoms with E-state index >= 15 is 0 Å². The molecule has 744 valence electrons. The van der Waals surface area contributed by atoms with Crippen LogP contribution in [-0.4, -0.2) is 86.0 Å². The van der Waals surface area contributed by atoms with Crippen LogP contribution in [0.2, 0.25) is 0 Å². The highest BCUT2D eigenvalue weighted by molar-refractivity contribution is 5.80. The van der Waals surface area contributed by atoms with Crippen LogP contribution < -0.4 is 49.4 Å². The number of nitrogens with zero attached hydrogens (tertiary/aromatic N) is 17. The second-order valence-corrected chi connectivity index (χ2v) is 37.4. The van der Waals surface area contributed by atoms with Crippen LogP contribution in [-0.2, 0) is 41.7 Å². The summed E-state index contributed by atoms with van der Waals surface area (Å²) in [6.45, 7) is 74.2. The molecule has 0 fully saturated rings. The van der Waals surface area contributed by atoms with Gasteiger partial charge in [0.05, 0.1) is 54.9 Å². The molecule has 10 aromatic heterocycles. The molecular weight excluding hydrogens is 1710 g/mol. The van der Waals surface area contributed by atoms with Gasteiger partial charge < -0.3 is 24.3 Å². The van der Waals surface area contributed by atoms with Crippen LogP contribution in [0.25, 0.3) is 0 Å². The summed E-state index contributed by atoms with van der Waals surface area (Å²) in [6.07, 6.45) is 31.3. The van der Waals surface area contributed by atoms with E-state index in [9.17, 15) is 28.8 Å². The Morgan fingerprint density at radius 2 is 0.679 bits per heavy atom. The van der Waals surface area contributed by atoms with E-state index in [-0.39, 0.29) is 33.7 Å². The van der Waals surface area contributed by atoms with E-state index in [1.807, 2.05) is 150 Å². The van der Waals surface area contributed by atoms with Crippen molar-refractivity contribution >= 4 is 12.6 Å². The third kappa shape index (κ3) is 50.3. The zero-order valence-electron chi connectivity index (χ0n) is 91.9. The molecule has 0 atom stereocenters. The van der Waals surface area contributed by atoms with Gasteiger partial charge in [0.25, 0.3) is 33.4 Å². The van der Waals surface area contributed by atoms with E-state index in [1.54, 1.807) is 103 Å². The summed E-state index contributed by atoms with van der Waals surface area (Å²) in [5.41, 5.74) is 24.2. The van der Waals surface area contributed by atoms with Crippen LogP contribution in [0.1, 0.15) is 329 Å². The molecule has 0 amide bonds. The van der Waals surface area contributed by atoms with Gasteiger partial charge in [-0.15, -0.1) is 0 Å². The van der Waals surface area contributed by atoms with Gasteiger partial charge >= 0.3 is 0 Å². The first kappa shape index (κ1) is 116. The molecule has 0 aliphatic carbocycles. The minimum absolute atomic E-state index is 0.0452. The lowest BCUT2D eigenvalue weighted by molar-refractivity contribution is 0.689. The monoisotopic (exact) mass is 1880 g/mol. The van der Waals surface area contributed by atoms with E-state index in [1.165, 1.54) is 55.0 Å². The predicted octanol–water partition coefficient (Wildman–Crippen LogP) is 22.1. The number of rotatable bonds is 14. The van der Waals surface area contributed by atoms with E-state index in [2.05, 4.69) is 279 Å². The highest BCUT2D eigenvalue weighted by Crippen LogP contribution is 2.21. The number of hydrogen-bond acceptors (Lipinski definition) is 20. The van der Waals surface area contributed by atoms with Gasteiger partial charge in [0.15, 0.2) is 0 Å². The average molecular weight is 1880 g/mol. The lowest BCUT2D eigenvalue weighted by Gasteiger charge is -2.12. The standard InChI is InChI=1S/C10H15NO.2C9H13NO.3C9H13N.3C8H12N2O.4C8H12N2/c1-4-11-6-5-9(8(2)3)7-10(11)12;2*1-7(2)8-4-5-10(3)9(11)6-8;3*1-7(2)9-4-5-10-8(3)6-9;3*1-6(2)7-4-8(11)10(3)9-5-7;1-6(2)8-4-7(3)9-5-10-8;3*1-6(2)8-4-7(3)10-9-5-8/h5-8H,4H2,1-3H3;2*4-7H,1-3H3;2*4-7H,1-3H3;4-7,10H,3H2,1-2H3;3*4-6H,1-3H3;4-6H,3H2,1-2H3,(H,9,10);2*4-6H,1-3H3;4-6,10H,3H2,1-2H3/i;;;;;;3D3;;;;;;. The molecule has 3 N–H and O–H groups in total. The number of aliphatic imine (C=N–C) groups is 1. The molecule has 0 radical (unpaired) electrons. The van der Waals surface area contributed by atoms with Crippen LogP contribution in [0, 0.1) is 45.4 Å². The normalized spacial score (nSPS) is 12.4. The molecule has 137 heavy (non-hydrogen) atoms. The van der Waals surface area contributed by atoms with Crippen molar-refractivity contribution in [3.8, 4) is 0 Å². The number of hydrogen-bond donors (Lipinski definition) is 3. The van der Waals surface area contributed by atoms with Crippen molar-refractivity contribution in [2.45, 2.75) is 280 Å². The van der Waals surface area contributed by atoms with Gasteiger partial charge in [-0.1, -0.05) is 200 Å². The Balaban J connectivity index is 0.000000759. The summed E-state index contributed by atoms with van der Waals surface area (Å²) >= 11 is 0. The maximum Gasteiger partial charge on any atom is 0.266 e. The minimum Gasteiger partial charge on any atom is -0.362 e. The van der Waals surface area contributed by atoms with Crippen molar-refractivity contribution < 1.29 is 4.11 Å². The third-order valence-electron chi connectivity index (χ3n) is 20.9. The maximum atomic E-state index is 11.3. The third-order valence-corrected chi connectivity index (χ3v) is 20.9. The molecule has 0 saturated heterocycles. The number of nitrogens with one attached hydrogen (secondary N) is 3. The predicted molar refractivity (Wildman–Crippen MR) is 572 cm³/mol. The van der Waals surface area contributed by atoms with Crippen molar-refractivity contribution in [1.82, 2.24) is 89.5 Å². The fraction of sp³-hybridized carbons (Fsp3) is 0.450. The van der Waals surface area contributed by atoms with Crippen LogP contribution in [0.5, 0.6) is 0 Å². The van der Waals surface area contributed by atoms with Crippen molar-refractivity contribution in [2.24, 2.45) is 63.0 Å². The van der Waals surface area contributed by atoms with Gasteiger partial charge in [0, 0.05) is 154 Å². The second-order valence-electron chi connectivity index (χ2n) is 37.4. The Labute approximate surface area is 822 Å². The summed E-state index contributed by atoms with van der Waals surface area (Å²) in [5, 5.41) is 36.7. The number of dihydropyridines is 1. The number of aryl methyl sites for hydroxylation is 10. The lowest BCUT2D eigenvalue weighted by atomic mass is 10.0. The number of pyridine rings is 5. The number of allylic oxidation sites excluding steroid dienone is 7. The van der Waals surface area contributed by atoms with Crippen molar-refractivity contribution in [3.05, 3.63) is 378 Å². The zero-order valence-corrected chi connectivity index (χ0v) is 88.9. The molecular formula is C111H164N20O6. The first-order valence-electron chi connectivity index (χ1n) is 48.7. The highest BCUT2D eigenvalue weighted by atomic mass is 16.2. The van der Waals surface area contributed by atoms with Crippen molar-refractivity contribution in [2.75, 3.05) is 0 Å². The van der Waals surface area contributed by atoms with Gasteiger partial charge in [0.2, 0.25) is 0 Å². The topological polar surface area (TPSA) is 309 Å². The molecule has 13 heterocycles. The Bertz CT molecular complexity index is 5500. The Hall–Kier alpha value is -13.1.